The van der Waals surface area contributed by atoms with Crippen LogP contribution in [-0.2, 0) is 14.3 Å². The normalized spacial score (nSPS) is 24.2. The van der Waals surface area contributed by atoms with Crippen molar-refractivity contribution in [3.05, 3.63) is 0 Å². The second-order valence-corrected chi connectivity index (χ2v) is 4.19. The molecule has 0 bridgehead atoms. The summed E-state index contributed by atoms with van der Waals surface area (Å²) in [7, 11) is 0. The van der Waals surface area contributed by atoms with Crippen LogP contribution in [0.5, 0.6) is 0 Å². The highest BCUT2D eigenvalue weighted by molar-refractivity contribution is 6.21. The highest BCUT2D eigenvalue weighted by Gasteiger charge is 2.41. The van der Waals surface area contributed by atoms with Crippen LogP contribution in [0.2, 0.25) is 0 Å². The van der Waals surface area contributed by atoms with Gasteiger partial charge in [0.25, 0.3) is 0 Å². The second kappa shape index (κ2) is 5.58. The molecule has 2 atom stereocenters. The third kappa shape index (κ3) is 2.70. The highest BCUT2D eigenvalue weighted by Crippen LogP contribution is 2.22. The number of ether oxygens (including phenoxy) is 1. The standard InChI is InChI=1S/C12H16N2O3/c1-4-17-12(16)9-10(7(2)3)14-6-8(5-13)11(9)15/h7-9H,4,6H2,1-3H3. The maximum absolute atomic E-state index is 12.0. The van der Waals surface area contributed by atoms with E-state index >= 15 is 0 Å². The smallest absolute Gasteiger partial charge is 0.322 e. The molecule has 0 spiro atoms. The van der Waals surface area contributed by atoms with Gasteiger partial charge in [-0.1, -0.05) is 13.8 Å². The summed E-state index contributed by atoms with van der Waals surface area (Å²) in [5.41, 5.74) is 0.528. The van der Waals surface area contributed by atoms with Crippen molar-refractivity contribution < 1.29 is 14.3 Å². The minimum atomic E-state index is -0.992. The van der Waals surface area contributed by atoms with Gasteiger partial charge in [0, 0.05) is 5.71 Å². The van der Waals surface area contributed by atoms with Crippen molar-refractivity contribution in [1.29, 1.82) is 5.26 Å². The molecule has 0 amide bonds. The molecule has 0 fully saturated rings. The Bertz CT molecular complexity index is 393. The zero-order chi connectivity index (χ0) is 13.0. The molecule has 5 nitrogen and oxygen atoms in total. The number of nitriles is 1. The number of rotatable bonds is 3. The number of nitrogens with zero attached hydrogens (tertiary/aromatic N) is 2. The van der Waals surface area contributed by atoms with E-state index in [0.717, 1.165) is 0 Å². The van der Waals surface area contributed by atoms with Gasteiger partial charge in [-0.25, -0.2) is 0 Å². The summed E-state index contributed by atoms with van der Waals surface area (Å²) in [6.45, 7) is 5.78. The zero-order valence-electron chi connectivity index (χ0n) is 10.3. The molecular formula is C12H16N2O3. The number of carbonyl (C=O) groups is 2. The van der Waals surface area contributed by atoms with Crippen molar-refractivity contribution in [1.82, 2.24) is 0 Å². The molecule has 0 saturated carbocycles. The van der Waals surface area contributed by atoms with Gasteiger partial charge in [0.2, 0.25) is 0 Å². The van der Waals surface area contributed by atoms with Gasteiger partial charge in [0.05, 0.1) is 19.2 Å². The van der Waals surface area contributed by atoms with E-state index in [0.29, 0.717) is 5.71 Å². The summed E-state index contributed by atoms with van der Waals surface area (Å²) in [5, 5.41) is 8.82. The lowest BCUT2D eigenvalue weighted by atomic mass is 9.82. The molecule has 5 heteroatoms. The summed E-state index contributed by atoms with van der Waals surface area (Å²) in [6.07, 6.45) is 0. The minimum Gasteiger partial charge on any atom is -0.465 e. The Labute approximate surface area is 100 Å². The van der Waals surface area contributed by atoms with Gasteiger partial charge >= 0.3 is 5.97 Å². The molecule has 0 aromatic heterocycles. The first-order chi connectivity index (χ1) is 8.02. The third-order valence-electron chi connectivity index (χ3n) is 2.65. The number of carbonyl (C=O) groups excluding carboxylic acids is 2. The fourth-order valence-corrected chi connectivity index (χ4v) is 1.81. The second-order valence-electron chi connectivity index (χ2n) is 4.19. The first kappa shape index (κ1) is 13.4. The van der Waals surface area contributed by atoms with Crippen molar-refractivity contribution in [3.63, 3.8) is 0 Å². The SMILES string of the molecule is CCOC(=O)C1C(=O)C(C#N)CN=C1C(C)C. The van der Waals surface area contributed by atoms with Gasteiger partial charge in [0.15, 0.2) is 11.7 Å². The van der Waals surface area contributed by atoms with E-state index in [1.165, 1.54) is 0 Å². The fraction of sp³-hybridized carbons (Fsp3) is 0.667. The van der Waals surface area contributed by atoms with Crippen LogP contribution in [0.4, 0.5) is 0 Å². The first-order valence-corrected chi connectivity index (χ1v) is 5.67. The van der Waals surface area contributed by atoms with E-state index < -0.39 is 17.8 Å². The van der Waals surface area contributed by atoms with Crippen LogP contribution in [0.1, 0.15) is 20.8 Å². The van der Waals surface area contributed by atoms with Gasteiger partial charge in [-0.05, 0) is 12.8 Å². The van der Waals surface area contributed by atoms with Crippen molar-refractivity contribution in [2.24, 2.45) is 22.7 Å². The Hall–Kier alpha value is -1.70. The molecule has 0 saturated heterocycles. The molecule has 0 radical (unpaired) electrons. The molecule has 2 unspecified atom stereocenters. The Morgan fingerprint density at radius 3 is 2.76 bits per heavy atom. The average molecular weight is 236 g/mol. The van der Waals surface area contributed by atoms with E-state index in [4.69, 9.17) is 10.00 Å². The molecular weight excluding hydrogens is 220 g/mol. The lowest BCUT2D eigenvalue weighted by Crippen LogP contribution is -2.43. The van der Waals surface area contributed by atoms with E-state index in [-0.39, 0.29) is 24.9 Å². The van der Waals surface area contributed by atoms with Crippen molar-refractivity contribution in [2.45, 2.75) is 20.8 Å². The van der Waals surface area contributed by atoms with Gasteiger partial charge in [-0.2, -0.15) is 5.26 Å². The van der Waals surface area contributed by atoms with Crippen LogP contribution < -0.4 is 0 Å². The van der Waals surface area contributed by atoms with E-state index in [9.17, 15) is 9.59 Å². The Kier molecular flexibility index (Phi) is 4.38. The number of aliphatic imine (C=N–C) groups is 1. The van der Waals surface area contributed by atoms with Gasteiger partial charge in [0.1, 0.15) is 5.92 Å². The average Bonchev–Trinajstić information content (AvgIpc) is 2.28. The van der Waals surface area contributed by atoms with Crippen molar-refractivity contribution in [3.8, 4) is 6.07 Å². The predicted octanol–water partition coefficient (Wildman–Crippen LogP) is 0.985. The van der Waals surface area contributed by atoms with Gasteiger partial charge in [-0.3, -0.25) is 14.6 Å². The zero-order valence-corrected chi connectivity index (χ0v) is 10.3. The van der Waals surface area contributed by atoms with E-state index in [2.05, 4.69) is 4.99 Å². The Morgan fingerprint density at radius 1 is 1.65 bits per heavy atom. The number of ketones is 1. The van der Waals surface area contributed by atoms with Gasteiger partial charge < -0.3 is 4.74 Å². The van der Waals surface area contributed by atoms with Crippen molar-refractivity contribution >= 4 is 17.5 Å². The predicted molar refractivity (Wildman–Crippen MR) is 61.4 cm³/mol. The van der Waals surface area contributed by atoms with Crippen LogP contribution in [0.15, 0.2) is 4.99 Å². The molecule has 1 heterocycles. The van der Waals surface area contributed by atoms with Crippen LogP contribution in [-0.4, -0.2) is 30.6 Å². The maximum atomic E-state index is 12.0. The molecule has 0 aromatic rings. The summed E-state index contributed by atoms with van der Waals surface area (Å²) >= 11 is 0. The monoisotopic (exact) mass is 236 g/mol. The number of Topliss-reactive ketones (excluding diaryl/α,β-unsaturated/α-hetero) is 1. The van der Waals surface area contributed by atoms with Crippen LogP contribution in [0, 0.1) is 29.1 Å². The lowest BCUT2D eigenvalue weighted by molar-refractivity contribution is -0.149. The van der Waals surface area contributed by atoms with Crippen molar-refractivity contribution in [2.75, 3.05) is 13.2 Å². The summed E-state index contributed by atoms with van der Waals surface area (Å²) in [5.74, 6) is -2.80. The van der Waals surface area contributed by atoms with Crippen LogP contribution in [0.3, 0.4) is 0 Å². The number of esters is 1. The summed E-state index contributed by atoms with van der Waals surface area (Å²) in [6, 6.07) is 1.88. The molecule has 0 aromatic carbocycles. The number of hydrogen-bond donors (Lipinski definition) is 0. The lowest BCUT2D eigenvalue weighted by Gasteiger charge is -2.25. The molecule has 0 N–H and O–H groups in total. The Balaban J connectivity index is 3.05. The summed E-state index contributed by atoms with van der Waals surface area (Å²) < 4.78 is 4.87. The number of hydrogen-bond acceptors (Lipinski definition) is 5. The van der Waals surface area contributed by atoms with Crippen LogP contribution >= 0.6 is 0 Å². The fourth-order valence-electron chi connectivity index (χ4n) is 1.81. The van der Waals surface area contributed by atoms with Crippen LogP contribution in [0.25, 0.3) is 0 Å². The Morgan fingerprint density at radius 2 is 2.29 bits per heavy atom. The maximum Gasteiger partial charge on any atom is 0.322 e. The first-order valence-electron chi connectivity index (χ1n) is 5.67. The molecule has 1 rings (SSSR count). The quantitative estimate of drug-likeness (QED) is 0.540. The highest BCUT2D eigenvalue weighted by atomic mass is 16.5. The molecule has 0 aliphatic carbocycles. The summed E-state index contributed by atoms with van der Waals surface area (Å²) in [4.78, 5) is 27.9. The topological polar surface area (TPSA) is 79.5 Å². The molecule has 92 valence electrons. The molecule has 17 heavy (non-hydrogen) atoms. The largest absolute Gasteiger partial charge is 0.465 e. The van der Waals surface area contributed by atoms with Gasteiger partial charge in [-0.15, -0.1) is 0 Å². The minimum absolute atomic E-state index is 0.00648. The van der Waals surface area contributed by atoms with E-state index in [1.54, 1.807) is 6.92 Å². The molecule has 1 aliphatic rings. The third-order valence-corrected chi connectivity index (χ3v) is 2.65. The molecule has 1 aliphatic heterocycles. The van der Waals surface area contributed by atoms with E-state index in [1.807, 2.05) is 19.9 Å².